The molecule has 3 nitrogen and oxygen atoms in total. The molecular formula is C9H11N3S2. The van der Waals surface area contributed by atoms with E-state index in [0.717, 1.165) is 25.1 Å². The van der Waals surface area contributed by atoms with Crippen molar-refractivity contribution in [2.24, 2.45) is 0 Å². The van der Waals surface area contributed by atoms with Gasteiger partial charge in [-0.05, 0) is 12.8 Å². The van der Waals surface area contributed by atoms with Crippen molar-refractivity contribution < 1.29 is 0 Å². The highest BCUT2D eigenvalue weighted by molar-refractivity contribution is 8.00. The first-order chi connectivity index (χ1) is 6.77. The molecule has 0 saturated heterocycles. The first-order valence-electron chi connectivity index (χ1n) is 4.40. The minimum atomic E-state index is 0.665. The molecule has 0 bridgehead atoms. The van der Waals surface area contributed by atoms with Crippen LogP contribution in [0.1, 0.15) is 16.9 Å². The molecule has 2 N–H and O–H groups in total. The van der Waals surface area contributed by atoms with Crippen LogP contribution in [-0.2, 0) is 6.42 Å². The van der Waals surface area contributed by atoms with E-state index in [9.17, 15) is 0 Å². The lowest BCUT2D eigenvalue weighted by Crippen LogP contribution is -2.21. The standard InChI is InChI=1S/C9H11N3S2/c1-13-12-4-2-3-7-8(12)6(5-10)9(11)14-7/h2-4,11H2,1H3. The van der Waals surface area contributed by atoms with E-state index in [4.69, 9.17) is 11.0 Å². The fourth-order valence-corrected chi connectivity index (χ4v) is 3.53. The predicted octanol–water partition coefficient (Wildman–Crippen LogP) is 2.23. The lowest BCUT2D eigenvalue weighted by atomic mass is 10.1. The van der Waals surface area contributed by atoms with Gasteiger partial charge in [-0.25, -0.2) is 0 Å². The van der Waals surface area contributed by atoms with Gasteiger partial charge >= 0.3 is 0 Å². The van der Waals surface area contributed by atoms with Crippen molar-refractivity contribution in [1.29, 1.82) is 5.26 Å². The van der Waals surface area contributed by atoms with Crippen molar-refractivity contribution in [1.82, 2.24) is 0 Å². The number of nitrogens with two attached hydrogens (primary N) is 1. The Morgan fingerprint density at radius 1 is 1.64 bits per heavy atom. The molecule has 0 amide bonds. The highest BCUT2D eigenvalue weighted by Crippen LogP contribution is 2.42. The number of hydrogen-bond donors (Lipinski definition) is 1. The maximum Gasteiger partial charge on any atom is 0.111 e. The van der Waals surface area contributed by atoms with Crippen LogP contribution in [0, 0.1) is 11.3 Å². The average molecular weight is 225 g/mol. The van der Waals surface area contributed by atoms with Gasteiger partial charge in [0.1, 0.15) is 16.6 Å². The maximum atomic E-state index is 9.02. The third kappa shape index (κ3) is 1.35. The summed E-state index contributed by atoms with van der Waals surface area (Å²) >= 11 is 3.23. The third-order valence-electron chi connectivity index (χ3n) is 2.33. The van der Waals surface area contributed by atoms with Crippen molar-refractivity contribution in [2.75, 3.05) is 22.8 Å². The van der Waals surface area contributed by atoms with Crippen LogP contribution in [-0.4, -0.2) is 12.8 Å². The Morgan fingerprint density at radius 3 is 3.07 bits per heavy atom. The van der Waals surface area contributed by atoms with Crippen LogP contribution in [0.15, 0.2) is 0 Å². The second kappa shape index (κ2) is 3.71. The number of anilines is 2. The molecule has 0 aromatic carbocycles. The minimum absolute atomic E-state index is 0.665. The van der Waals surface area contributed by atoms with E-state index in [1.165, 1.54) is 4.88 Å². The zero-order chi connectivity index (χ0) is 10.1. The van der Waals surface area contributed by atoms with Crippen LogP contribution in [0.4, 0.5) is 10.7 Å². The van der Waals surface area contributed by atoms with Crippen molar-refractivity contribution in [2.45, 2.75) is 12.8 Å². The van der Waals surface area contributed by atoms with E-state index in [0.29, 0.717) is 10.6 Å². The summed E-state index contributed by atoms with van der Waals surface area (Å²) in [6.45, 7) is 1.01. The Kier molecular flexibility index (Phi) is 2.57. The molecule has 0 spiro atoms. The van der Waals surface area contributed by atoms with E-state index < -0.39 is 0 Å². The topological polar surface area (TPSA) is 53.0 Å². The summed E-state index contributed by atoms with van der Waals surface area (Å²) in [5.74, 6) is 0. The molecule has 0 aliphatic carbocycles. The Labute approximate surface area is 91.6 Å². The van der Waals surface area contributed by atoms with E-state index >= 15 is 0 Å². The van der Waals surface area contributed by atoms with E-state index in [1.54, 1.807) is 23.3 Å². The van der Waals surface area contributed by atoms with Crippen LogP contribution in [0.5, 0.6) is 0 Å². The largest absolute Gasteiger partial charge is 0.389 e. The molecule has 0 saturated carbocycles. The van der Waals surface area contributed by atoms with Crippen LogP contribution >= 0.6 is 23.3 Å². The van der Waals surface area contributed by atoms with E-state index in [1.807, 2.05) is 6.26 Å². The van der Waals surface area contributed by atoms with Gasteiger partial charge in [0.05, 0.1) is 5.69 Å². The number of nitrogen functional groups attached to an aromatic ring is 1. The number of rotatable bonds is 1. The Hall–Kier alpha value is -0.860. The fourth-order valence-electron chi connectivity index (χ4n) is 1.71. The molecule has 0 fully saturated rings. The third-order valence-corrected chi connectivity index (χ3v) is 4.20. The summed E-state index contributed by atoms with van der Waals surface area (Å²) in [5.41, 5.74) is 7.54. The van der Waals surface area contributed by atoms with Crippen LogP contribution in [0.25, 0.3) is 0 Å². The Bertz CT molecular complexity index is 391. The molecule has 1 aliphatic rings. The normalized spacial score (nSPS) is 15.0. The number of thiophene rings is 1. The summed E-state index contributed by atoms with van der Waals surface area (Å²) in [6.07, 6.45) is 4.24. The second-order valence-corrected chi connectivity index (χ2v) is 5.06. The molecule has 1 aliphatic heterocycles. The summed E-state index contributed by atoms with van der Waals surface area (Å²) in [7, 11) is 0. The number of nitrogens with zero attached hydrogens (tertiary/aromatic N) is 2. The summed E-state index contributed by atoms with van der Waals surface area (Å²) in [6, 6.07) is 2.20. The molecular weight excluding hydrogens is 214 g/mol. The number of fused-ring (bicyclic) bond motifs is 1. The summed E-state index contributed by atoms with van der Waals surface area (Å²) < 4.78 is 2.17. The van der Waals surface area contributed by atoms with E-state index in [-0.39, 0.29) is 0 Å². The first kappa shape index (κ1) is 9.69. The highest BCUT2D eigenvalue weighted by Gasteiger charge is 2.24. The highest BCUT2D eigenvalue weighted by atomic mass is 32.2. The Morgan fingerprint density at radius 2 is 2.43 bits per heavy atom. The zero-order valence-electron chi connectivity index (χ0n) is 7.91. The van der Waals surface area contributed by atoms with Crippen LogP contribution in [0.3, 0.4) is 0 Å². The van der Waals surface area contributed by atoms with Gasteiger partial charge in [-0.3, -0.25) is 0 Å². The van der Waals surface area contributed by atoms with Crippen molar-refractivity contribution >= 4 is 34.0 Å². The fraction of sp³-hybridized carbons (Fsp3) is 0.444. The molecule has 14 heavy (non-hydrogen) atoms. The molecule has 0 unspecified atom stereocenters. The van der Waals surface area contributed by atoms with Gasteiger partial charge in [0.2, 0.25) is 0 Å². The lowest BCUT2D eigenvalue weighted by Gasteiger charge is -2.26. The quantitative estimate of drug-likeness (QED) is 0.745. The summed E-state index contributed by atoms with van der Waals surface area (Å²) in [5, 5.41) is 9.68. The molecule has 1 aromatic rings. The van der Waals surface area contributed by atoms with Crippen molar-refractivity contribution in [3.8, 4) is 6.07 Å². The molecule has 74 valence electrons. The number of hydrogen-bond acceptors (Lipinski definition) is 5. The van der Waals surface area contributed by atoms with Gasteiger partial charge in [-0.2, -0.15) is 5.26 Å². The molecule has 5 heteroatoms. The zero-order valence-corrected chi connectivity index (χ0v) is 9.54. The van der Waals surface area contributed by atoms with Crippen LogP contribution in [0.2, 0.25) is 0 Å². The molecule has 1 aromatic heterocycles. The SMILES string of the molecule is CSN1CCCc2sc(N)c(C#N)c21. The minimum Gasteiger partial charge on any atom is -0.389 e. The average Bonchev–Trinajstić information content (AvgIpc) is 2.52. The predicted molar refractivity (Wildman–Crippen MR) is 62.6 cm³/mol. The Balaban J connectivity index is 2.54. The van der Waals surface area contributed by atoms with Gasteiger partial charge in [0, 0.05) is 17.7 Å². The number of aryl methyl sites for hydroxylation is 1. The smallest absolute Gasteiger partial charge is 0.111 e. The number of nitriles is 1. The van der Waals surface area contributed by atoms with Gasteiger partial charge < -0.3 is 10.0 Å². The van der Waals surface area contributed by atoms with Gasteiger partial charge in [-0.15, -0.1) is 11.3 Å². The molecule has 2 rings (SSSR count). The molecule has 0 radical (unpaired) electrons. The maximum absolute atomic E-state index is 9.02. The monoisotopic (exact) mass is 225 g/mol. The van der Waals surface area contributed by atoms with Gasteiger partial charge in [0.25, 0.3) is 0 Å². The van der Waals surface area contributed by atoms with Crippen molar-refractivity contribution in [3.05, 3.63) is 10.4 Å². The van der Waals surface area contributed by atoms with E-state index in [2.05, 4.69) is 10.4 Å². The molecule has 2 heterocycles. The first-order valence-corrected chi connectivity index (χ1v) is 6.40. The second-order valence-electron chi connectivity index (χ2n) is 3.11. The molecule has 0 atom stereocenters. The van der Waals surface area contributed by atoms with Gasteiger partial charge in [0.15, 0.2) is 0 Å². The van der Waals surface area contributed by atoms with Gasteiger partial charge in [-0.1, -0.05) is 11.9 Å². The lowest BCUT2D eigenvalue weighted by molar-refractivity contribution is 0.809. The van der Waals surface area contributed by atoms with Crippen LogP contribution < -0.4 is 10.0 Å². The summed E-state index contributed by atoms with van der Waals surface area (Å²) in [4.78, 5) is 1.26. The van der Waals surface area contributed by atoms with Crippen molar-refractivity contribution in [3.63, 3.8) is 0 Å².